The van der Waals surface area contributed by atoms with Crippen LogP contribution >= 0.6 is 11.6 Å². The zero-order valence-electron chi connectivity index (χ0n) is 22.8. The summed E-state index contributed by atoms with van der Waals surface area (Å²) in [5, 5.41) is 3.27. The molecule has 2 N–H and O–H groups in total. The average molecular weight is 615 g/mol. The molecule has 0 bridgehead atoms. The summed E-state index contributed by atoms with van der Waals surface area (Å²) in [4.78, 5) is 53.2. The number of imidazole rings is 1. The fourth-order valence-electron chi connectivity index (χ4n) is 4.54. The smallest absolute Gasteiger partial charge is 0.267 e. The molecule has 220 valence electrons. The number of hydrogen-bond donors (Lipinski definition) is 2. The quantitative estimate of drug-likeness (QED) is 0.271. The van der Waals surface area contributed by atoms with Crippen LogP contribution in [-0.2, 0) is 5.88 Å². The number of anilines is 1. The van der Waals surface area contributed by atoms with E-state index < -0.39 is 23.2 Å². The number of aromatic amines is 1. The monoisotopic (exact) mass is 614 g/mol. The number of pyridine rings is 3. The Bertz CT molecular complexity index is 2260. The standard InChI is InChI=1S/C20H15FN8O.C9H6ClFN2O/c1-11(27-19-17-18(24-9-23-17)25-10-26-19)16-15(13-4-2-3-7-22-13)20(30)29-8-12(21)5-6-14(29)28-16;10-4-7-3-9(14)13-5-6(11)1-2-8(13)12-7/h2-11H,1H3,(H2,23,24,25,26,27);1-3,5H,4H2/t11-;/m1./s1. The van der Waals surface area contributed by atoms with Gasteiger partial charge in [-0.15, -0.1) is 11.6 Å². The minimum absolute atomic E-state index is 0.170. The van der Waals surface area contributed by atoms with Gasteiger partial charge in [0, 0.05) is 24.7 Å². The second-order valence-corrected chi connectivity index (χ2v) is 9.72. The largest absolute Gasteiger partial charge is 0.360 e. The summed E-state index contributed by atoms with van der Waals surface area (Å²) >= 11 is 5.55. The van der Waals surface area contributed by atoms with Crippen molar-refractivity contribution in [2.75, 3.05) is 5.32 Å². The highest BCUT2D eigenvalue weighted by molar-refractivity contribution is 6.16. The number of rotatable bonds is 5. The molecule has 7 heterocycles. The average Bonchev–Trinajstić information content (AvgIpc) is 3.52. The molecule has 0 aliphatic carbocycles. The van der Waals surface area contributed by atoms with Crippen LogP contribution in [0, 0.1) is 11.6 Å². The number of hydrogen-bond acceptors (Lipinski definition) is 9. The molecule has 0 saturated carbocycles. The third kappa shape index (κ3) is 5.57. The van der Waals surface area contributed by atoms with Gasteiger partial charge in [-0.1, -0.05) is 6.07 Å². The predicted octanol–water partition coefficient (Wildman–Crippen LogP) is 4.31. The van der Waals surface area contributed by atoms with Crippen molar-refractivity contribution < 1.29 is 8.78 Å². The fourth-order valence-corrected chi connectivity index (χ4v) is 4.67. The van der Waals surface area contributed by atoms with E-state index in [1.54, 1.807) is 24.4 Å². The van der Waals surface area contributed by atoms with Crippen LogP contribution in [0.5, 0.6) is 0 Å². The van der Waals surface area contributed by atoms with E-state index >= 15 is 0 Å². The lowest BCUT2D eigenvalue weighted by Gasteiger charge is -2.18. The fraction of sp³-hybridized carbons (Fsp3) is 0.103. The van der Waals surface area contributed by atoms with Crippen molar-refractivity contribution in [3.63, 3.8) is 0 Å². The van der Waals surface area contributed by atoms with E-state index in [4.69, 9.17) is 11.6 Å². The molecule has 0 aliphatic rings. The number of alkyl halides is 1. The second-order valence-electron chi connectivity index (χ2n) is 9.45. The molecule has 7 rings (SSSR count). The Hall–Kier alpha value is -5.63. The van der Waals surface area contributed by atoms with Crippen molar-refractivity contribution in [2.24, 2.45) is 0 Å². The first-order valence-electron chi connectivity index (χ1n) is 13.1. The van der Waals surface area contributed by atoms with E-state index in [-0.39, 0.29) is 17.0 Å². The molecule has 1 atom stereocenters. The molecule has 0 amide bonds. The molecule has 0 aliphatic heterocycles. The molecule has 15 heteroatoms. The van der Waals surface area contributed by atoms with Crippen LogP contribution in [0.2, 0.25) is 0 Å². The van der Waals surface area contributed by atoms with Crippen molar-refractivity contribution in [1.29, 1.82) is 0 Å². The molecular weight excluding hydrogens is 594 g/mol. The van der Waals surface area contributed by atoms with Crippen LogP contribution in [0.3, 0.4) is 0 Å². The molecular formula is C29H21ClF2N10O2. The molecule has 0 aromatic carbocycles. The van der Waals surface area contributed by atoms with Gasteiger partial charge in [0.05, 0.1) is 40.9 Å². The summed E-state index contributed by atoms with van der Waals surface area (Å²) in [5.74, 6) is -0.304. The van der Waals surface area contributed by atoms with E-state index in [0.717, 1.165) is 16.8 Å². The van der Waals surface area contributed by atoms with Crippen LogP contribution in [0.15, 0.2) is 89.4 Å². The first-order chi connectivity index (χ1) is 21.3. The van der Waals surface area contributed by atoms with Crippen molar-refractivity contribution >= 4 is 39.9 Å². The normalized spacial score (nSPS) is 11.8. The number of fused-ring (bicyclic) bond motifs is 3. The highest BCUT2D eigenvalue weighted by Crippen LogP contribution is 2.27. The first-order valence-corrected chi connectivity index (χ1v) is 13.6. The van der Waals surface area contributed by atoms with Crippen LogP contribution < -0.4 is 16.4 Å². The van der Waals surface area contributed by atoms with Gasteiger partial charge in [0.25, 0.3) is 11.1 Å². The molecule has 0 saturated heterocycles. The predicted molar refractivity (Wildman–Crippen MR) is 159 cm³/mol. The van der Waals surface area contributed by atoms with Gasteiger partial charge in [0.1, 0.15) is 34.8 Å². The Morgan fingerprint density at radius 1 is 0.932 bits per heavy atom. The van der Waals surface area contributed by atoms with E-state index in [2.05, 4.69) is 40.2 Å². The maximum absolute atomic E-state index is 13.8. The molecule has 7 aromatic rings. The van der Waals surface area contributed by atoms with Gasteiger partial charge in [-0.3, -0.25) is 23.4 Å². The summed E-state index contributed by atoms with van der Waals surface area (Å²) in [6.07, 6.45) is 6.75. The summed E-state index contributed by atoms with van der Waals surface area (Å²) < 4.78 is 28.9. The Labute approximate surface area is 251 Å². The van der Waals surface area contributed by atoms with Crippen LogP contribution in [-0.4, -0.2) is 43.7 Å². The first kappa shape index (κ1) is 28.5. The van der Waals surface area contributed by atoms with Gasteiger partial charge in [-0.05, 0) is 43.3 Å². The van der Waals surface area contributed by atoms with Crippen LogP contribution in [0.25, 0.3) is 33.7 Å². The lowest BCUT2D eigenvalue weighted by molar-refractivity contribution is 0.616. The Morgan fingerprint density at radius 3 is 2.41 bits per heavy atom. The van der Waals surface area contributed by atoms with Gasteiger partial charge in [-0.25, -0.2) is 33.7 Å². The zero-order chi connectivity index (χ0) is 30.8. The molecule has 0 unspecified atom stereocenters. The SMILES string of the molecule is C[C@@H](Nc1ncnc2nc[nH]c12)c1nc2ccc(F)cn2c(=O)c1-c1ccccn1.O=c1cc(CCl)nc2ccc(F)cn12. The molecule has 0 fully saturated rings. The second kappa shape index (κ2) is 11.9. The number of H-pyrrole nitrogens is 1. The van der Waals surface area contributed by atoms with Crippen molar-refractivity contribution in [2.45, 2.75) is 18.8 Å². The summed E-state index contributed by atoms with van der Waals surface area (Å²) in [6, 6.07) is 11.5. The van der Waals surface area contributed by atoms with E-state index in [1.165, 1.54) is 47.4 Å². The maximum atomic E-state index is 13.8. The highest BCUT2D eigenvalue weighted by Gasteiger charge is 2.22. The molecule has 44 heavy (non-hydrogen) atoms. The zero-order valence-corrected chi connectivity index (χ0v) is 23.6. The summed E-state index contributed by atoms with van der Waals surface area (Å²) in [7, 11) is 0. The summed E-state index contributed by atoms with van der Waals surface area (Å²) in [5.41, 5.74) is 2.85. The van der Waals surface area contributed by atoms with Gasteiger partial charge in [0.15, 0.2) is 11.5 Å². The van der Waals surface area contributed by atoms with Crippen LogP contribution in [0.1, 0.15) is 24.4 Å². The number of aromatic nitrogens is 9. The van der Waals surface area contributed by atoms with Crippen molar-refractivity contribution in [3.8, 4) is 11.3 Å². The summed E-state index contributed by atoms with van der Waals surface area (Å²) in [6.45, 7) is 1.86. The van der Waals surface area contributed by atoms with Gasteiger partial charge >= 0.3 is 0 Å². The van der Waals surface area contributed by atoms with E-state index in [9.17, 15) is 18.4 Å². The van der Waals surface area contributed by atoms with E-state index in [1.807, 2.05) is 6.92 Å². The molecule has 12 nitrogen and oxygen atoms in total. The Balaban J connectivity index is 0.000000205. The highest BCUT2D eigenvalue weighted by atomic mass is 35.5. The third-order valence-electron chi connectivity index (χ3n) is 6.54. The molecule has 0 spiro atoms. The molecule has 7 aromatic heterocycles. The van der Waals surface area contributed by atoms with Gasteiger partial charge < -0.3 is 10.3 Å². The number of nitrogens with one attached hydrogen (secondary N) is 2. The van der Waals surface area contributed by atoms with E-state index in [0.29, 0.717) is 45.4 Å². The lowest BCUT2D eigenvalue weighted by atomic mass is 10.1. The minimum Gasteiger partial charge on any atom is -0.360 e. The minimum atomic E-state index is -0.528. The number of nitrogens with zero attached hydrogens (tertiary/aromatic N) is 8. The Kier molecular flexibility index (Phi) is 7.72. The molecule has 0 radical (unpaired) electrons. The van der Waals surface area contributed by atoms with Crippen molar-refractivity contribution in [1.82, 2.24) is 43.7 Å². The topological polar surface area (TPSA) is 148 Å². The number of halogens is 3. The Morgan fingerprint density at radius 2 is 1.68 bits per heavy atom. The lowest BCUT2D eigenvalue weighted by Crippen LogP contribution is -2.23. The van der Waals surface area contributed by atoms with Gasteiger partial charge in [0.2, 0.25) is 0 Å². The van der Waals surface area contributed by atoms with Crippen LogP contribution in [0.4, 0.5) is 14.6 Å². The van der Waals surface area contributed by atoms with Gasteiger partial charge in [-0.2, -0.15) is 0 Å². The maximum Gasteiger partial charge on any atom is 0.267 e. The van der Waals surface area contributed by atoms with Crippen molar-refractivity contribution in [3.05, 3.63) is 124 Å². The third-order valence-corrected chi connectivity index (χ3v) is 6.81.